The molecule has 2 aromatic rings. The van der Waals surface area contributed by atoms with Crippen LogP contribution < -0.4 is 20.1 Å². The maximum Gasteiger partial charge on any atom is 0.256 e. The topological polar surface area (TPSA) is 103 Å². The van der Waals surface area contributed by atoms with Gasteiger partial charge in [0.2, 0.25) is 0 Å². The predicted octanol–water partition coefficient (Wildman–Crippen LogP) is 3.81. The Balaban J connectivity index is 1.88. The summed E-state index contributed by atoms with van der Waals surface area (Å²) in [5, 5.41) is 18.6. The number of anilines is 1. The first-order valence-electron chi connectivity index (χ1n) is 10.3. The first-order chi connectivity index (χ1) is 14.8. The largest absolute Gasteiger partial charge is 0.490 e. The Morgan fingerprint density at radius 3 is 2.45 bits per heavy atom. The third kappa shape index (κ3) is 3.27. The summed E-state index contributed by atoms with van der Waals surface area (Å²) in [4.78, 5) is 25.3. The van der Waals surface area contributed by atoms with Gasteiger partial charge in [-0.05, 0) is 44.5 Å². The molecule has 9 heteroatoms. The van der Waals surface area contributed by atoms with Gasteiger partial charge >= 0.3 is 0 Å². The molecule has 1 saturated heterocycles. The van der Waals surface area contributed by atoms with Gasteiger partial charge in [0.05, 0.1) is 19.1 Å². The number of hydrogen-bond acceptors (Lipinski definition) is 6. The van der Waals surface area contributed by atoms with Gasteiger partial charge in [0.1, 0.15) is 0 Å². The van der Waals surface area contributed by atoms with Crippen LogP contribution in [0, 0.1) is 10.1 Å². The maximum atomic E-state index is 13.2. The van der Waals surface area contributed by atoms with Gasteiger partial charge in [-0.1, -0.05) is 34.1 Å². The predicted molar refractivity (Wildman–Crippen MR) is 119 cm³/mol. The molecule has 0 saturated carbocycles. The minimum absolute atomic E-state index is 0.341. The zero-order chi connectivity index (χ0) is 22.3. The number of ether oxygens (including phenoxy) is 2. The second-order valence-corrected chi connectivity index (χ2v) is 8.54. The maximum absolute atomic E-state index is 13.2. The number of fused-ring (bicyclic) bond motifs is 2. The molecule has 164 valence electrons. The van der Waals surface area contributed by atoms with Gasteiger partial charge in [-0.15, -0.1) is 0 Å². The normalized spacial score (nSPS) is 26.6. The van der Waals surface area contributed by atoms with Gasteiger partial charge in [0, 0.05) is 26.7 Å². The van der Waals surface area contributed by atoms with Crippen molar-refractivity contribution in [2.24, 2.45) is 0 Å². The van der Waals surface area contributed by atoms with Gasteiger partial charge in [0.25, 0.3) is 11.9 Å². The molecule has 1 amide bonds. The van der Waals surface area contributed by atoms with Crippen LogP contribution in [0.2, 0.25) is 0 Å². The molecule has 2 aromatic carbocycles. The van der Waals surface area contributed by atoms with Gasteiger partial charge < -0.3 is 14.8 Å². The summed E-state index contributed by atoms with van der Waals surface area (Å²) in [6.07, 6.45) is 0. The number of halogens is 1. The summed E-state index contributed by atoms with van der Waals surface area (Å²) >= 11 is 3.57. The summed E-state index contributed by atoms with van der Waals surface area (Å²) in [5.41, 5.74) is 0.444. The highest BCUT2D eigenvalue weighted by Crippen LogP contribution is 2.51. The molecule has 4 atom stereocenters. The van der Waals surface area contributed by atoms with Crippen molar-refractivity contribution in [3.8, 4) is 11.5 Å². The number of nitrogens with one attached hydrogen (secondary N) is 2. The highest BCUT2D eigenvalue weighted by atomic mass is 79.9. The molecule has 4 rings (SSSR count). The lowest BCUT2D eigenvalue weighted by Crippen LogP contribution is -2.54. The standard InChI is InChI=1S/C22H24BrN3O5/c1-4-30-17-10-13(15(23)11-18(17)31-5-2)19-12(3)25-22(20(19)26(28)29)14-8-6-7-9-16(14)24-21(22)27/h6-12,19-20,25H,4-5H2,1-3H3,(H,24,27)/t12-,19-,20+,22+/m0/s1. The third-order valence-electron chi connectivity index (χ3n) is 5.99. The Morgan fingerprint density at radius 1 is 1.16 bits per heavy atom. The fraction of sp³-hybridized carbons (Fsp3) is 0.409. The van der Waals surface area contributed by atoms with Crippen LogP contribution in [0.25, 0.3) is 0 Å². The number of para-hydroxylation sites is 1. The van der Waals surface area contributed by atoms with Crippen molar-refractivity contribution >= 4 is 27.5 Å². The second kappa shape index (κ2) is 8.12. The molecule has 0 aliphatic carbocycles. The molecule has 8 nitrogen and oxygen atoms in total. The Morgan fingerprint density at radius 2 is 1.81 bits per heavy atom. The first-order valence-corrected chi connectivity index (χ1v) is 11.1. The first kappa shape index (κ1) is 21.6. The number of amides is 1. The van der Waals surface area contributed by atoms with Crippen molar-refractivity contribution in [2.45, 2.75) is 44.3 Å². The van der Waals surface area contributed by atoms with E-state index in [4.69, 9.17) is 9.47 Å². The molecular formula is C22H24BrN3O5. The van der Waals surface area contributed by atoms with Gasteiger partial charge in [-0.2, -0.15) is 0 Å². The molecule has 2 heterocycles. The lowest BCUT2D eigenvalue weighted by molar-refractivity contribution is -0.532. The highest BCUT2D eigenvalue weighted by molar-refractivity contribution is 9.10. The average Bonchev–Trinajstić information content (AvgIpc) is 3.18. The number of benzene rings is 2. The zero-order valence-electron chi connectivity index (χ0n) is 17.5. The number of hydrogen-bond donors (Lipinski definition) is 2. The number of nitrogens with zero attached hydrogens (tertiary/aromatic N) is 1. The minimum atomic E-state index is -1.45. The van der Waals surface area contributed by atoms with Crippen LogP contribution in [0.1, 0.15) is 37.8 Å². The van der Waals surface area contributed by atoms with Crippen molar-refractivity contribution in [1.29, 1.82) is 0 Å². The van der Waals surface area contributed by atoms with Crippen LogP contribution in [0.15, 0.2) is 40.9 Å². The molecule has 31 heavy (non-hydrogen) atoms. The van der Waals surface area contributed by atoms with Crippen molar-refractivity contribution < 1.29 is 19.2 Å². The highest BCUT2D eigenvalue weighted by Gasteiger charge is 2.67. The van der Waals surface area contributed by atoms with E-state index in [1.165, 1.54) is 0 Å². The number of carbonyl (C=O) groups is 1. The van der Waals surface area contributed by atoms with Gasteiger partial charge in [-0.25, -0.2) is 0 Å². The molecule has 0 radical (unpaired) electrons. The van der Waals surface area contributed by atoms with E-state index in [1.54, 1.807) is 36.4 Å². The molecule has 0 aromatic heterocycles. The summed E-state index contributed by atoms with van der Waals surface area (Å²) < 4.78 is 12.1. The molecule has 2 aliphatic heterocycles. The third-order valence-corrected chi connectivity index (χ3v) is 6.67. The molecule has 1 fully saturated rings. The van der Waals surface area contributed by atoms with Crippen LogP contribution in [0.4, 0.5) is 5.69 Å². The number of carbonyl (C=O) groups excluding carboxylic acids is 1. The van der Waals surface area contributed by atoms with E-state index in [2.05, 4.69) is 26.6 Å². The van der Waals surface area contributed by atoms with Crippen LogP contribution in [0.5, 0.6) is 11.5 Å². The number of rotatable bonds is 6. The summed E-state index contributed by atoms with van der Waals surface area (Å²) in [7, 11) is 0. The van der Waals surface area contributed by atoms with Crippen molar-refractivity contribution in [1.82, 2.24) is 5.32 Å². The monoisotopic (exact) mass is 489 g/mol. The lowest BCUT2D eigenvalue weighted by Gasteiger charge is -2.26. The average molecular weight is 490 g/mol. The van der Waals surface area contributed by atoms with E-state index in [9.17, 15) is 14.9 Å². The van der Waals surface area contributed by atoms with E-state index >= 15 is 0 Å². The fourth-order valence-corrected chi connectivity index (χ4v) is 5.45. The zero-order valence-corrected chi connectivity index (χ0v) is 19.1. The molecule has 2 aliphatic rings. The Bertz CT molecular complexity index is 1050. The van der Waals surface area contributed by atoms with Gasteiger partial charge in [0.15, 0.2) is 17.0 Å². The van der Waals surface area contributed by atoms with Crippen LogP contribution in [-0.4, -0.2) is 36.1 Å². The SMILES string of the molecule is CCOc1cc(Br)c([C@@H]2[C@H](C)N[C@@]3(C(=O)Nc4ccccc43)[C@@H]2[N+](=O)[O-])cc1OCC. The Hall–Kier alpha value is -2.65. The molecule has 0 unspecified atom stereocenters. The quantitative estimate of drug-likeness (QED) is 0.472. The van der Waals surface area contributed by atoms with Crippen LogP contribution in [0.3, 0.4) is 0 Å². The lowest BCUT2D eigenvalue weighted by atomic mass is 9.78. The van der Waals surface area contributed by atoms with Crippen molar-refractivity contribution in [3.05, 3.63) is 62.1 Å². The smallest absolute Gasteiger partial charge is 0.256 e. The van der Waals surface area contributed by atoms with E-state index in [0.717, 1.165) is 0 Å². The molecule has 2 N–H and O–H groups in total. The molecular weight excluding hydrogens is 466 g/mol. The van der Waals surface area contributed by atoms with Crippen molar-refractivity contribution in [3.63, 3.8) is 0 Å². The minimum Gasteiger partial charge on any atom is -0.490 e. The van der Waals surface area contributed by atoms with Crippen molar-refractivity contribution in [2.75, 3.05) is 18.5 Å². The molecule has 1 spiro atoms. The second-order valence-electron chi connectivity index (χ2n) is 7.68. The summed E-state index contributed by atoms with van der Waals surface area (Å²) in [6, 6.07) is 9.12. The summed E-state index contributed by atoms with van der Waals surface area (Å²) in [6.45, 7) is 6.51. The Kier molecular flexibility index (Phi) is 5.65. The molecule has 0 bridgehead atoms. The van der Waals surface area contributed by atoms with E-state index in [1.807, 2.05) is 20.8 Å². The summed E-state index contributed by atoms with van der Waals surface area (Å²) in [5.74, 6) is 0.0944. The fourth-order valence-electron chi connectivity index (χ4n) is 4.86. The number of nitro groups is 1. The Labute approximate surface area is 188 Å². The van der Waals surface area contributed by atoms with Crippen LogP contribution in [-0.2, 0) is 10.3 Å². The van der Waals surface area contributed by atoms with E-state index < -0.39 is 23.4 Å². The van der Waals surface area contributed by atoms with Gasteiger partial charge in [-0.3, -0.25) is 20.2 Å². The van der Waals surface area contributed by atoms with E-state index in [-0.39, 0.29) is 11.0 Å². The van der Waals surface area contributed by atoms with Crippen LogP contribution >= 0.6 is 15.9 Å². The van der Waals surface area contributed by atoms with E-state index in [0.29, 0.717) is 46.0 Å².